The number of hydrogen-bond acceptors (Lipinski definition) is 3. The van der Waals surface area contributed by atoms with Crippen molar-refractivity contribution in [3.05, 3.63) is 78.0 Å². The van der Waals surface area contributed by atoms with Crippen molar-refractivity contribution in [2.45, 2.75) is 18.5 Å². The van der Waals surface area contributed by atoms with Crippen LogP contribution in [0.1, 0.15) is 17.0 Å². The van der Waals surface area contributed by atoms with E-state index < -0.39 is 0 Å². The molecule has 1 aliphatic rings. The summed E-state index contributed by atoms with van der Waals surface area (Å²) in [5, 5.41) is 1.20. The van der Waals surface area contributed by atoms with Crippen molar-refractivity contribution in [2.24, 2.45) is 5.73 Å². The van der Waals surface area contributed by atoms with E-state index in [0.29, 0.717) is 5.92 Å². The molecule has 2 atom stereocenters. The minimum atomic E-state index is 0. The van der Waals surface area contributed by atoms with E-state index in [9.17, 15) is 0 Å². The summed E-state index contributed by atoms with van der Waals surface area (Å²) in [5.74, 6) is 0.421. The Hall–Kier alpha value is -1.94. The second-order valence-electron chi connectivity index (χ2n) is 6.41. The van der Waals surface area contributed by atoms with Gasteiger partial charge in [0.15, 0.2) is 0 Å². The van der Waals surface area contributed by atoms with Gasteiger partial charge in [0.2, 0.25) is 0 Å². The van der Waals surface area contributed by atoms with E-state index in [-0.39, 0.29) is 18.4 Å². The van der Waals surface area contributed by atoms with Crippen molar-refractivity contribution < 1.29 is 0 Å². The summed E-state index contributed by atoms with van der Waals surface area (Å²) in [6.07, 6.45) is 1.99. The number of aromatic nitrogens is 1. The molecule has 3 aromatic rings. The van der Waals surface area contributed by atoms with Crippen molar-refractivity contribution >= 4 is 23.3 Å². The van der Waals surface area contributed by atoms with Gasteiger partial charge in [-0.15, -0.1) is 12.4 Å². The fraction of sp³-hybridized carbons (Fsp3) is 0.250. The first kappa shape index (κ1) is 16.9. The molecule has 1 aliphatic heterocycles. The molecule has 124 valence electrons. The highest BCUT2D eigenvalue weighted by Crippen LogP contribution is 2.27. The zero-order valence-electron chi connectivity index (χ0n) is 13.5. The number of nitrogens with two attached hydrogens (primary N) is 1. The molecule has 1 aromatic heterocycles. The fourth-order valence-corrected chi connectivity index (χ4v) is 3.56. The number of rotatable bonds is 3. The molecule has 1 saturated heterocycles. The molecule has 0 amide bonds. The third-order valence-electron chi connectivity index (χ3n) is 4.72. The van der Waals surface area contributed by atoms with E-state index in [2.05, 4.69) is 64.5 Å². The number of hydrogen-bond donors (Lipinski definition) is 1. The van der Waals surface area contributed by atoms with Gasteiger partial charge in [0.25, 0.3) is 0 Å². The van der Waals surface area contributed by atoms with Gasteiger partial charge in [0, 0.05) is 43.2 Å². The molecule has 2 aromatic carbocycles. The molecule has 2 heterocycles. The van der Waals surface area contributed by atoms with E-state index >= 15 is 0 Å². The summed E-state index contributed by atoms with van der Waals surface area (Å²) in [5.41, 5.74) is 10.0. The molecular formula is C20H22ClN3. The molecule has 2 N–H and O–H groups in total. The Kier molecular flexibility index (Phi) is 5.14. The summed E-state index contributed by atoms with van der Waals surface area (Å²) >= 11 is 0. The number of benzene rings is 2. The van der Waals surface area contributed by atoms with Gasteiger partial charge >= 0.3 is 0 Å². The third kappa shape index (κ3) is 3.44. The zero-order chi connectivity index (χ0) is 15.6. The van der Waals surface area contributed by atoms with E-state index in [1.165, 1.54) is 16.5 Å². The van der Waals surface area contributed by atoms with Crippen LogP contribution in [0.5, 0.6) is 0 Å². The first-order valence-electron chi connectivity index (χ1n) is 8.16. The number of fused-ring (bicyclic) bond motifs is 1. The highest BCUT2D eigenvalue weighted by atomic mass is 35.5. The second kappa shape index (κ2) is 7.31. The maximum absolute atomic E-state index is 6.39. The molecule has 24 heavy (non-hydrogen) atoms. The predicted octanol–water partition coefficient (Wildman–Crippen LogP) is 3.58. The van der Waals surface area contributed by atoms with Crippen LogP contribution in [0.25, 0.3) is 10.9 Å². The predicted molar refractivity (Wildman–Crippen MR) is 101 cm³/mol. The van der Waals surface area contributed by atoms with Crippen LogP contribution in [-0.4, -0.2) is 29.0 Å². The van der Waals surface area contributed by atoms with Crippen LogP contribution < -0.4 is 5.73 Å². The van der Waals surface area contributed by atoms with Crippen LogP contribution in [0, 0.1) is 0 Å². The van der Waals surface area contributed by atoms with Crippen LogP contribution in [0.3, 0.4) is 0 Å². The van der Waals surface area contributed by atoms with Gasteiger partial charge in [-0.1, -0.05) is 48.5 Å². The number of halogens is 1. The van der Waals surface area contributed by atoms with E-state index in [1.807, 2.05) is 12.3 Å². The molecule has 4 heteroatoms. The molecule has 0 aliphatic carbocycles. The van der Waals surface area contributed by atoms with Gasteiger partial charge in [-0.3, -0.25) is 9.88 Å². The zero-order valence-corrected chi connectivity index (χ0v) is 14.3. The Morgan fingerprint density at radius 3 is 2.58 bits per heavy atom. The average molecular weight is 340 g/mol. The van der Waals surface area contributed by atoms with Gasteiger partial charge in [-0.05, 0) is 23.3 Å². The smallest absolute Gasteiger partial charge is 0.0702 e. The molecule has 3 nitrogen and oxygen atoms in total. The van der Waals surface area contributed by atoms with Crippen LogP contribution in [0.4, 0.5) is 0 Å². The average Bonchev–Trinajstić information content (AvgIpc) is 2.96. The number of nitrogens with zero attached hydrogens (tertiary/aromatic N) is 2. The SMILES string of the molecule is Cl.N[C@@H]1CN(Cc2cnc3ccccc3c2)C[C@H]1c1ccccc1. The van der Waals surface area contributed by atoms with Gasteiger partial charge in [0.05, 0.1) is 5.52 Å². The van der Waals surface area contributed by atoms with Gasteiger partial charge < -0.3 is 5.73 Å². The second-order valence-corrected chi connectivity index (χ2v) is 6.41. The summed E-state index contributed by atoms with van der Waals surface area (Å²) in [4.78, 5) is 7.00. The molecule has 0 unspecified atom stereocenters. The van der Waals surface area contributed by atoms with E-state index in [1.54, 1.807) is 0 Å². The Balaban J connectivity index is 0.00000169. The van der Waals surface area contributed by atoms with Crippen LogP contribution in [0.15, 0.2) is 66.9 Å². The molecule has 4 rings (SSSR count). The lowest BCUT2D eigenvalue weighted by molar-refractivity contribution is 0.323. The molecule has 0 spiro atoms. The highest BCUT2D eigenvalue weighted by Gasteiger charge is 2.30. The topological polar surface area (TPSA) is 42.1 Å². The lowest BCUT2D eigenvalue weighted by Gasteiger charge is -2.16. The van der Waals surface area contributed by atoms with Crippen LogP contribution in [-0.2, 0) is 6.54 Å². The fourth-order valence-electron chi connectivity index (χ4n) is 3.56. The van der Waals surface area contributed by atoms with Crippen molar-refractivity contribution in [1.29, 1.82) is 0 Å². The third-order valence-corrected chi connectivity index (χ3v) is 4.72. The number of likely N-dealkylation sites (tertiary alicyclic amines) is 1. The van der Waals surface area contributed by atoms with Crippen LogP contribution >= 0.6 is 12.4 Å². The monoisotopic (exact) mass is 339 g/mol. The Morgan fingerprint density at radius 1 is 1.00 bits per heavy atom. The van der Waals surface area contributed by atoms with Crippen molar-refractivity contribution in [3.8, 4) is 0 Å². The maximum Gasteiger partial charge on any atom is 0.0702 e. The highest BCUT2D eigenvalue weighted by molar-refractivity contribution is 5.85. The first-order valence-corrected chi connectivity index (χ1v) is 8.16. The lowest BCUT2D eigenvalue weighted by atomic mass is 9.95. The van der Waals surface area contributed by atoms with E-state index in [4.69, 9.17) is 5.73 Å². The largest absolute Gasteiger partial charge is 0.326 e. The summed E-state index contributed by atoms with van der Waals surface area (Å²) < 4.78 is 0. The first-order chi connectivity index (χ1) is 11.3. The molecular weight excluding hydrogens is 318 g/mol. The quantitative estimate of drug-likeness (QED) is 0.793. The molecule has 0 bridgehead atoms. The minimum absolute atomic E-state index is 0. The number of pyridine rings is 1. The summed E-state index contributed by atoms with van der Waals surface area (Å²) in [6, 6.07) is 21.3. The summed E-state index contributed by atoms with van der Waals surface area (Å²) in [7, 11) is 0. The molecule has 1 fully saturated rings. The number of para-hydroxylation sites is 1. The maximum atomic E-state index is 6.39. The molecule has 0 saturated carbocycles. The van der Waals surface area contributed by atoms with Gasteiger partial charge in [0.1, 0.15) is 0 Å². The van der Waals surface area contributed by atoms with E-state index in [0.717, 1.165) is 25.2 Å². The van der Waals surface area contributed by atoms with Crippen molar-refractivity contribution in [1.82, 2.24) is 9.88 Å². The van der Waals surface area contributed by atoms with Crippen molar-refractivity contribution in [3.63, 3.8) is 0 Å². The Bertz CT molecular complexity index is 806. The molecule has 0 radical (unpaired) electrons. The Morgan fingerprint density at radius 2 is 1.75 bits per heavy atom. The standard InChI is InChI=1S/C20H21N3.ClH/c21-19-14-23(13-18(19)16-6-2-1-3-7-16)12-15-10-17-8-4-5-9-20(17)22-11-15;/h1-11,18-19H,12-14,21H2;1H/t18-,19+;/m0./s1. The minimum Gasteiger partial charge on any atom is -0.326 e. The lowest BCUT2D eigenvalue weighted by Crippen LogP contribution is -2.28. The summed E-state index contributed by atoms with van der Waals surface area (Å²) in [6.45, 7) is 2.86. The Labute approximate surface area is 148 Å². The normalized spacial score (nSPS) is 20.9. The van der Waals surface area contributed by atoms with Crippen LogP contribution in [0.2, 0.25) is 0 Å². The van der Waals surface area contributed by atoms with Gasteiger partial charge in [-0.25, -0.2) is 0 Å². The van der Waals surface area contributed by atoms with Gasteiger partial charge in [-0.2, -0.15) is 0 Å². The van der Waals surface area contributed by atoms with Crippen molar-refractivity contribution in [2.75, 3.05) is 13.1 Å².